The summed E-state index contributed by atoms with van der Waals surface area (Å²) in [5, 5.41) is 22.0. The van der Waals surface area contributed by atoms with E-state index in [2.05, 4.69) is 0 Å². The largest absolute Gasteiger partial charge is 0.390 e. The van der Waals surface area contributed by atoms with Crippen molar-refractivity contribution in [1.29, 1.82) is 0 Å². The number of carbonyl (C=O) groups excluding carboxylic acids is 1. The predicted octanol–water partition coefficient (Wildman–Crippen LogP) is 1.99. The topological polar surface area (TPSA) is 85.2 Å². The summed E-state index contributed by atoms with van der Waals surface area (Å²) in [5.74, 6) is -0.179. The lowest BCUT2D eigenvalue weighted by atomic mass is 9.48. The van der Waals surface area contributed by atoms with Crippen LogP contribution in [0.15, 0.2) is 30.3 Å². The fourth-order valence-electron chi connectivity index (χ4n) is 6.31. The van der Waals surface area contributed by atoms with Gasteiger partial charge in [-0.1, -0.05) is 44.2 Å². The predicted molar refractivity (Wildman–Crippen MR) is 99.2 cm³/mol. The molecule has 28 heavy (non-hydrogen) atoms. The third kappa shape index (κ3) is 2.08. The Bertz CT molecular complexity index is 793. The van der Waals surface area contributed by atoms with E-state index in [1.165, 1.54) is 0 Å². The molecule has 9 atom stereocenters. The smallest absolute Gasteiger partial charge is 0.184 e. The van der Waals surface area contributed by atoms with Crippen LogP contribution in [0.3, 0.4) is 0 Å². The number of hydrogen-bond donors (Lipinski definition) is 2. The Labute approximate surface area is 164 Å². The Balaban J connectivity index is 1.61. The van der Waals surface area contributed by atoms with E-state index >= 15 is 0 Å². The first-order valence-corrected chi connectivity index (χ1v) is 10.1. The molecule has 3 unspecified atom stereocenters. The minimum absolute atomic E-state index is 0.0287. The van der Waals surface area contributed by atoms with Gasteiger partial charge in [-0.2, -0.15) is 0 Å². The van der Waals surface area contributed by atoms with Crippen LogP contribution in [0.25, 0.3) is 0 Å². The maximum Gasteiger partial charge on any atom is 0.184 e. The molecule has 4 aliphatic rings. The molecule has 2 saturated heterocycles. The van der Waals surface area contributed by atoms with Crippen molar-refractivity contribution in [3.63, 3.8) is 0 Å². The zero-order valence-corrected chi connectivity index (χ0v) is 16.5. The van der Waals surface area contributed by atoms with E-state index in [-0.39, 0.29) is 24.4 Å². The zero-order chi connectivity index (χ0) is 19.9. The molecule has 6 nitrogen and oxygen atoms in total. The van der Waals surface area contributed by atoms with Crippen LogP contribution < -0.4 is 0 Å². The van der Waals surface area contributed by atoms with Crippen LogP contribution in [0.1, 0.15) is 45.5 Å². The molecular weight excluding hydrogens is 360 g/mol. The number of benzene rings is 1. The summed E-state index contributed by atoms with van der Waals surface area (Å²) < 4.78 is 18.8. The summed E-state index contributed by atoms with van der Waals surface area (Å²) in [4.78, 5) is 13.3. The molecule has 1 aromatic carbocycles. The van der Waals surface area contributed by atoms with Gasteiger partial charge in [0, 0.05) is 16.9 Å². The maximum atomic E-state index is 13.3. The number of fused-ring (bicyclic) bond motifs is 2. The first kappa shape index (κ1) is 18.7. The molecule has 2 saturated carbocycles. The minimum atomic E-state index is -1.28. The standard InChI is InChI=1S/C22H28O6/c1-12-9-15-22(20(2)10-14(23)17(27-15)21(20,3)25)11-26-19(28-18(22)16(12)24)13-7-5-4-6-8-13/h4-8,12,14-15,17-19,23,25H,9-11H2,1-3H3/t12-,14-,15?,17?,18-,19?,20+,21+,22-/m1/s1. The number of aliphatic hydroxyl groups is 2. The summed E-state index contributed by atoms with van der Waals surface area (Å²) in [6.45, 7) is 5.81. The van der Waals surface area contributed by atoms with Gasteiger partial charge >= 0.3 is 0 Å². The normalized spacial score (nSPS) is 52.8. The highest BCUT2D eigenvalue weighted by Crippen LogP contribution is 2.68. The molecule has 0 amide bonds. The van der Waals surface area contributed by atoms with Gasteiger partial charge in [0.25, 0.3) is 0 Å². The van der Waals surface area contributed by atoms with Crippen LogP contribution in [0.5, 0.6) is 0 Å². The molecule has 4 fully saturated rings. The number of aliphatic hydroxyl groups excluding tert-OH is 1. The molecule has 1 aromatic rings. The third-order valence-corrected chi connectivity index (χ3v) is 8.14. The molecule has 2 aliphatic carbocycles. The van der Waals surface area contributed by atoms with Gasteiger partial charge in [-0.25, -0.2) is 0 Å². The van der Waals surface area contributed by atoms with Crippen molar-refractivity contribution in [3.8, 4) is 0 Å². The van der Waals surface area contributed by atoms with Crippen molar-refractivity contribution in [2.45, 2.75) is 69.9 Å². The monoisotopic (exact) mass is 388 g/mol. The molecule has 5 rings (SSSR count). The SMILES string of the molecule is C[C@@H]1CC2OC3[C@H](O)C[C@@](C)([C@@]3(C)O)[C@]23COC(c2ccccc2)O[C@@H]3C1=O. The van der Waals surface area contributed by atoms with E-state index in [0.29, 0.717) is 12.8 Å². The number of ether oxygens (including phenoxy) is 3. The van der Waals surface area contributed by atoms with Gasteiger partial charge in [0.15, 0.2) is 12.1 Å². The maximum absolute atomic E-state index is 13.3. The van der Waals surface area contributed by atoms with Crippen molar-refractivity contribution in [1.82, 2.24) is 0 Å². The lowest BCUT2D eigenvalue weighted by molar-refractivity contribution is -0.369. The summed E-state index contributed by atoms with van der Waals surface area (Å²) in [7, 11) is 0. The summed E-state index contributed by atoms with van der Waals surface area (Å²) >= 11 is 0. The Morgan fingerprint density at radius 3 is 2.57 bits per heavy atom. The van der Waals surface area contributed by atoms with E-state index in [0.717, 1.165) is 5.56 Å². The van der Waals surface area contributed by atoms with E-state index in [4.69, 9.17) is 14.2 Å². The molecule has 2 N–H and O–H groups in total. The molecule has 6 heteroatoms. The average molecular weight is 388 g/mol. The molecule has 1 spiro atoms. The third-order valence-electron chi connectivity index (χ3n) is 8.14. The van der Waals surface area contributed by atoms with Crippen LogP contribution in [-0.4, -0.2) is 52.6 Å². The Morgan fingerprint density at radius 1 is 1.14 bits per heavy atom. The summed E-state index contributed by atoms with van der Waals surface area (Å²) in [6, 6.07) is 9.58. The van der Waals surface area contributed by atoms with E-state index in [1.54, 1.807) is 6.92 Å². The van der Waals surface area contributed by atoms with Crippen molar-refractivity contribution in [2.24, 2.45) is 16.7 Å². The van der Waals surface area contributed by atoms with Crippen molar-refractivity contribution in [3.05, 3.63) is 35.9 Å². The lowest BCUT2D eigenvalue weighted by Gasteiger charge is -2.65. The number of rotatable bonds is 1. The highest BCUT2D eigenvalue weighted by Gasteiger charge is 2.78. The van der Waals surface area contributed by atoms with Gasteiger partial charge in [-0.05, 0) is 19.8 Å². The Morgan fingerprint density at radius 2 is 1.86 bits per heavy atom. The molecule has 2 aliphatic heterocycles. The fourth-order valence-corrected chi connectivity index (χ4v) is 6.31. The molecular formula is C22H28O6. The number of Topliss-reactive ketones (excluding diaryl/α,β-unsaturated/α-hetero) is 1. The fraction of sp³-hybridized carbons (Fsp3) is 0.682. The number of carbonyl (C=O) groups is 1. The first-order valence-electron chi connectivity index (χ1n) is 10.1. The summed E-state index contributed by atoms with van der Waals surface area (Å²) in [6.07, 6.45) is -2.24. The van der Waals surface area contributed by atoms with Gasteiger partial charge in [0.1, 0.15) is 12.2 Å². The second-order valence-electron chi connectivity index (χ2n) is 9.45. The van der Waals surface area contributed by atoms with Crippen LogP contribution in [0, 0.1) is 16.7 Å². The molecule has 2 bridgehead atoms. The highest BCUT2D eigenvalue weighted by molar-refractivity contribution is 5.87. The molecule has 152 valence electrons. The van der Waals surface area contributed by atoms with Gasteiger partial charge in [-0.3, -0.25) is 4.79 Å². The second kappa shape index (κ2) is 5.86. The van der Waals surface area contributed by atoms with E-state index in [1.807, 2.05) is 44.2 Å². The van der Waals surface area contributed by atoms with Crippen molar-refractivity contribution in [2.75, 3.05) is 6.61 Å². The average Bonchev–Trinajstić information content (AvgIpc) is 2.78. The van der Waals surface area contributed by atoms with Crippen molar-refractivity contribution < 1.29 is 29.2 Å². The molecule has 0 aromatic heterocycles. The summed E-state index contributed by atoms with van der Waals surface area (Å²) in [5.41, 5.74) is -2.03. The van der Waals surface area contributed by atoms with Crippen molar-refractivity contribution >= 4 is 5.78 Å². The highest BCUT2D eigenvalue weighted by atomic mass is 16.7. The number of hydrogen-bond acceptors (Lipinski definition) is 6. The quantitative estimate of drug-likeness (QED) is 0.765. The van der Waals surface area contributed by atoms with Gasteiger partial charge in [-0.15, -0.1) is 0 Å². The first-order chi connectivity index (χ1) is 13.2. The second-order valence-corrected chi connectivity index (χ2v) is 9.45. The Hall–Kier alpha value is -1.31. The Kier molecular flexibility index (Phi) is 3.91. The minimum Gasteiger partial charge on any atom is -0.390 e. The lowest BCUT2D eigenvalue weighted by Crippen LogP contribution is -2.76. The zero-order valence-electron chi connectivity index (χ0n) is 16.5. The number of ketones is 1. The van der Waals surface area contributed by atoms with Gasteiger partial charge < -0.3 is 24.4 Å². The van der Waals surface area contributed by atoms with Gasteiger partial charge in [0.2, 0.25) is 0 Å². The van der Waals surface area contributed by atoms with Crippen LogP contribution >= 0.6 is 0 Å². The van der Waals surface area contributed by atoms with Crippen LogP contribution in [0.4, 0.5) is 0 Å². The van der Waals surface area contributed by atoms with E-state index < -0.39 is 41.0 Å². The van der Waals surface area contributed by atoms with Crippen LogP contribution in [0.2, 0.25) is 0 Å². The molecule has 2 heterocycles. The molecule has 0 radical (unpaired) electrons. The van der Waals surface area contributed by atoms with Gasteiger partial charge in [0.05, 0.1) is 29.8 Å². The van der Waals surface area contributed by atoms with E-state index in [9.17, 15) is 15.0 Å². The van der Waals surface area contributed by atoms with Crippen LogP contribution in [-0.2, 0) is 19.0 Å².